The van der Waals surface area contributed by atoms with Crippen LogP contribution >= 0.6 is 34.5 Å². The van der Waals surface area contributed by atoms with Crippen LogP contribution in [0.1, 0.15) is 90.1 Å². The first kappa shape index (κ1) is 26.4. The first-order valence-corrected chi connectivity index (χ1v) is 15.2. The molecule has 208 valence electrons. The first-order chi connectivity index (χ1) is 19.3. The fraction of sp³-hybridized carbons (Fsp3) is 0.433. The van der Waals surface area contributed by atoms with Crippen molar-refractivity contribution in [1.29, 1.82) is 0 Å². The van der Waals surface area contributed by atoms with Crippen LogP contribution in [0.15, 0.2) is 40.9 Å². The molecule has 7 nitrogen and oxygen atoms in total. The monoisotopic (exact) mass is 598 g/mol. The van der Waals surface area contributed by atoms with Gasteiger partial charge in [0.2, 0.25) is 0 Å². The highest BCUT2D eigenvalue weighted by Gasteiger charge is 2.53. The number of carbonyl (C=O) groups is 1. The van der Waals surface area contributed by atoms with Crippen LogP contribution in [0.25, 0.3) is 21.5 Å². The Hall–Kier alpha value is -2.49. The van der Waals surface area contributed by atoms with E-state index in [0.717, 1.165) is 72.9 Å². The molecule has 2 N–H and O–H groups in total. The van der Waals surface area contributed by atoms with Gasteiger partial charge < -0.3 is 19.5 Å². The summed E-state index contributed by atoms with van der Waals surface area (Å²) in [6.07, 6.45) is 6.54. The van der Waals surface area contributed by atoms with Crippen molar-refractivity contribution in [3.63, 3.8) is 0 Å². The van der Waals surface area contributed by atoms with Crippen molar-refractivity contribution >= 4 is 50.7 Å². The predicted molar refractivity (Wildman–Crippen MR) is 153 cm³/mol. The number of hydrogen-bond acceptors (Lipinski definition) is 7. The minimum Gasteiger partial charge on any atom is -0.478 e. The topological polar surface area (TPSA) is 106 Å². The molecule has 1 unspecified atom stereocenters. The number of benzene rings is 2. The van der Waals surface area contributed by atoms with E-state index >= 15 is 0 Å². The molecule has 1 atom stereocenters. The van der Waals surface area contributed by atoms with Crippen LogP contribution in [0.3, 0.4) is 0 Å². The van der Waals surface area contributed by atoms with E-state index in [-0.39, 0.29) is 16.6 Å². The molecule has 0 spiro atoms. The second-order valence-corrected chi connectivity index (χ2v) is 13.4. The van der Waals surface area contributed by atoms with E-state index in [0.29, 0.717) is 38.8 Å². The van der Waals surface area contributed by atoms with Crippen LogP contribution in [0.2, 0.25) is 10.0 Å². The standard InChI is InChI=1S/C30H28Cl2N2O5S/c31-19-2-1-3-20(32)23(19)24-18(25(39-34-24)16-4-5-16)15-38-30-11-8-29(9-12-30,10-13-30)26(35)27-33-21-7-6-17(28(36)37)14-22(21)40-27/h1-3,6-7,14,16,26,35H,4-5,8-13,15H2,(H,36,37). The van der Waals surface area contributed by atoms with Crippen molar-refractivity contribution in [2.75, 3.05) is 0 Å². The maximum atomic E-state index is 11.5. The average Bonchev–Trinajstić information content (AvgIpc) is 3.58. The van der Waals surface area contributed by atoms with Crippen molar-refractivity contribution in [3.05, 3.63) is 68.3 Å². The molecule has 0 radical (unpaired) electrons. The molecule has 4 aliphatic rings. The Kier molecular flexibility index (Phi) is 6.48. The highest BCUT2D eigenvalue weighted by Crippen LogP contribution is 2.60. The Morgan fingerprint density at radius 2 is 1.80 bits per heavy atom. The number of halogens is 2. The summed E-state index contributed by atoms with van der Waals surface area (Å²) < 4.78 is 13.3. The third kappa shape index (κ3) is 4.45. The SMILES string of the molecule is O=C(O)c1ccc2nc(C(O)C34CCC(OCc5c(-c6c(Cl)cccc6Cl)noc5C5CC5)(CC3)CC4)sc2c1. The van der Waals surface area contributed by atoms with Gasteiger partial charge in [0.1, 0.15) is 22.6 Å². The molecule has 4 aliphatic carbocycles. The Balaban J connectivity index is 1.09. The molecule has 4 saturated carbocycles. The van der Waals surface area contributed by atoms with Crippen molar-refractivity contribution in [1.82, 2.24) is 10.1 Å². The Morgan fingerprint density at radius 1 is 1.10 bits per heavy atom. The van der Waals surface area contributed by atoms with Crippen LogP contribution < -0.4 is 0 Å². The highest BCUT2D eigenvalue weighted by atomic mass is 35.5. The lowest BCUT2D eigenvalue weighted by Crippen LogP contribution is -2.49. The molecule has 8 rings (SSSR count). The van der Waals surface area contributed by atoms with Gasteiger partial charge in [0, 0.05) is 22.5 Å². The van der Waals surface area contributed by atoms with Crippen LogP contribution in [0.4, 0.5) is 0 Å². The lowest BCUT2D eigenvalue weighted by Gasteiger charge is -2.54. The molecule has 40 heavy (non-hydrogen) atoms. The van der Waals surface area contributed by atoms with Gasteiger partial charge >= 0.3 is 5.97 Å². The summed E-state index contributed by atoms with van der Waals surface area (Å²) in [7, 11) is 0. The number of carboxylic acid groups (broad SMARTS) is 1. The number of ether oxygens (including phenoxy) is 1. The predicted octanol–water partition coefficient (Wildman–Crippen LogP) is 8.18. The number of nitrogens with zero attached hydrogens (tertiary/aromatic N) is 2. The molecular formula is C30H28Cl2N2O5S. The quantitative estimate of drug-likeness (QED) is 0.210. The van der Waals surface area contributed by atoms with Gasteiger partial charge in [0.25, 0.3) is 0 Å². The van der Waals surface area contributed by atoms with Gasteiger partial charge in [-0.25, -0.2) is 9.78 Å². The zero-order valence-electron chi connectivity index (χ0n) is 21.7. The smallest absolute Gasteiger partial charge is 0.335 e. The van der Waals surface area contributed by atoms with E-state index in [1.165, 1.54) is 11.3 Å². The van der Waals surface area contributed by atoms with E-state index < -0.39 is 12.1 Å². The van der Waals surface area contributed by atoms with Crippen molar-refractivity contribution in [2.45, 2.75) is 75.6 Å². The summed E-state index contributed by atoms with van der Waals surface area (Å²) in [6, 6.07) is 10.3. The average molecular weight is 600 g/mol. The normalized spacial score (nSPS) is 25.0. The van der Waals surface area contributed by atoms with Gasteiger partial charge in [-0.2, -0.15) is 0 Å². The minimum absolute atomic E-state index is 0.227. The molecular weight excluding hydrogens is 571 g/mol. The van der Waals surface area contributed by atoms with E-state index in [1.54, 1.807) is 30.3 Å². The van der Waals surface area contributed by atoms with E-state index in [4.69, 9.17) is 32.5 Å². The summed E-state index contributed by atoms with van der Waals surface area (Å²) in [4.78, 5) is 16.0. The Bertz CT molecular complexity index is 1580. The lowest BCUT2D eigenvalue weighted by molar-refractivity contribution is -0.169. The van der Waals surface area contributed by atoms with Gasteiger partial charge in [-0.05, 0) is 81.7 Å². The largest absolute Gasteiger partial charge is 0.478 e. The maximum Gasteiger partial charge on any atom is 0.335 e. The number of aromatic carboxylic acids is 1. The maximum absolute atomic E-state index is 11.5. The Morgan fingerprint density at radius 3 is 2.45 bits per heavy atom. The summed E-state index contributed by atoms with van der Waals surface area (Å²) >= 11 is 14.5. The number of carboxylic acids is 1. The van der Waals surface area contributed by atoms with Crippen LogP contribution in [0.5, 0.6) is 0 Å². The second kappa shape index (κ2) is 9.81. The van der Waals surface area contributed by atoms with Crippen molar-refractivity contribution in [3.8, 4) is 11.3 Å². The van der Waals surface area contributed by atoms with E-state index in [1.807, 2.05) is 6.07 Å². The fourth-order valence-corrected chi connectivity index (χ4v) is 8.25. The molecule has 2 bridgehead atoms. The number of fused-ring (bicyclic) bond motifs is 4. The summed E-state index contributed by atoms with van der Waals surface area (Å²) in [5.74, 6) is 0.268. The Labute approximate surface area is 245 Å². The number of aliphatic hydroxyl groups is 1. The molecule has 0 saturated heterocycles. The third-order valence-electron chi connectivity index (χ3n) is 9.19. The summed E-state index contributed by atoms with van der Waals surface area (Å²) in [5, 5.41) is 27.0. The third-order valence-corrected chi connectivity index (χ3v) is 10.9. The fourth-order valence-electron chi connectivity index (χ4n) is 6.53. The van der Waals surface area contributed by atoms with Gasteiger partial charge in [0.05, 0.1) is 38.0 Å². The van der Waals surface area contributed by atoms with Crippen LogP contribution in [-0.2, 0) is 11.3 Å². The highest BCUT2D eigenvalue weighted by molar-refractivity contribution is 7.18. The van der Waals surface area contributed by atoms with E-state index in [2.05, 4.69) is 10.1 Å². The molecule has 2 aromatic heterocycles. The molecule has 0 aliphatic heterocycles. The van der Waals surface area contributed by atoms with Gasteiger partial charge in [-0.3, -0.25) is 0 Å². The van der Waals surface area contributed by atoms with Gasteiger partial charge in [-0.15, -0.1) is 11.3 Å². The summed E-state index contributed by atoms with van der Waals surface area (Å²) in [6.45, 7) is 0.381. The molecule has 2 heterocycles. The van der Waals surface area contributed by atoms with Crippen molar-refractivity contribution in [2.24, 2.45) is 5.41 Å². The van der Waals surface area contributed by atoms with Gasteiger partial charge in [0.15, 0.2) is 0 Å². The number of aliphatic hydroxyl groups excluding tert-OH is 1. The van der Waals surface area contributed by atoms with Crippen molar-refractivity contribution < 1.29 is 24.3 Å². The lowest BCUT2D eigenvalue weighted by atomic mass is 9.56. The molecule has 0 amide bonds. The number of aromatic nitrogens is 2. The van der Waals surface area contributed by atoms with Crippen LogP contribution in [-0.4, -0.2) is 31.9 Å². The molecule has 10 heteroatoms. The number of thiazole rings is 1. The number of hydrogen-bond donors (Lipinski definition) is 2. The molecule has 4 aromatic rings. The van der Waals surface area contributed by atoms with E-state index in [9.17, 15) is 15.0 Å². The summed E-state index contributed by atoms with van der Waals surface area (Å²) in [5.41, 5.74) is 2.71. The second-order valence-electron chi connectivity index (χ2n) is 11.5. The zero-order chi connectivity index (χ0) is 27.6. The zero-order valence-corrected chi connectivity index (χ0v) is 24.0. The molecule has 4 fully saturated rings. The van der Waals surface area contributed by atoms with Gasteiger partial charge in [-0.1, -0.05) is 34.4 Å². The molecule has 2 aromatic carbocycles. The minimum atomic E-state index is -0.968. The first-order valence-electron chi connectivity index (χ1n) is 13.7. The van der Waals surface area contributed by atoms with Crippen LogP contribution in [0, 0.1) is 5.41 Å². The number of rotatable bonds is 8.